The first kappa shape index (κ1) is 17.0. The molecule has 0 unspecified atom stereocenters. The Hall–Kier alpha value is -2.09. The van der Waals surface area contributed by atoms with E-state index in [0.717, 1.165) is 0 Å². The Bertz CT molecular complexity index is 504. The van der Waals surface area contributed by atoms with Gasteiger partial charge in [0, 0.05) is 12.1 Å². The van der Waals surface area contributed by atoms with Gasteiger partial charge in [-0.2, -0.15) is 13.2 Å². The fourth-order valence-corrected chi connectivity index (χ4v) is 1.58. The van der Waals surface area contributed by atoms with Gasteiger partial charge in [0.05, 0.1) is 13.1 Å². The molecule has 0 radical (unpaired) electrons. The maximum Gasteiger partial charge on any atom is 0.389 e. The number of alkyl halides is 3. The molecule has 4 N–H and O–H groups in total. The summed E-state index contributed by atoms with van der Waals surface area (Å²) in [6, 6.07) is 6.22. The molecule has 116 valence electrons. The summed E-state index contributed by atoms with van der Waals surface area (Å²) in [6.45, 7) is -0.529. The van der Waals surface area contributed by atoms with Crippen LogP contribution >= 0.6 is 0 Å². The van der Waals surface area contributed by atoms with Gasteiger partial charge < -0.3 is 16.4 Å². The quantitative estimate of drug-likeness (QED) is 0.738. The van der Waals surface area contributed by atoms with Crippen molar-refractivity contribution in [1.82, 2.24) is 5.32 Å². The minimum atomic E-state index is -4.26. The molecular weight excluding hydrogens is 287 g/mol. The summed E-state index contributed by atoms with van der Waals surface area (Å²) in [7, 11) is 0. The van der Waals surface area contributed by atoms with Crippen LogP contribution in [-0.4, -0.2) is 31.1 Å². The summed E-state index contributed by atoms with van der Waals surface area (Å²) in [6.07, 6.45) is -5.45. The summed E-state index contributed by atoms with van der Waals surface area (Å²) < 4.78 is 36.7. The number of nitrogens with one attached hydrogen (secondary N) is 2. The van der Waals surface area contributed by atoms with E-state index in [1.807, 2.05) is 0 Å². The molecule has 8 heteroatoms. The molecule has 0 aromatic heterocycles. The molecule has 21 heavy (non-hydrogen) atoms. The lowest BCUT2D eigenvalue weighted by molar-refractivity contribution is -0.134. The van der Waals surface area contributed by atoms with Gasteiger partial charge in [0.1, 0.15) is 0 Å². The van der Waals surface area contributed by atoms with E-state index < -0.39 is 24.4 Å². The summed E-state index contributed by atoms with van der Waals surface area (Å²) in [4.78, 5) is 22.5. The third-order valence-electron chi connectivity index (χ3n) is 2.60. The molecule has 0 saturated carbocycles. The van der Waals surface area contributed by atoms with E-state index in [9.17, 15) is 22.8 Å². The topological polar surface area (TPSA) is 84.2 Å². The van der Waals surface area contributed by atoms with Crippen LogP contribution in [0.3, 0.4) is 0 Å². The van der Waals surface area contributed by atoms with Crippen LogP contribution in [0.25, 0.3) is 0 Å². The third kappa shape index (κ3) is 6.75. The molecule has 0 fully saturated rings. The molecule has 0 bridgehead atoms. The van der Waals surface area contributed by atoms with Crippen molar-refractivity contribution < 1.29 is 22.8 Å². The third-order valence-corrected chi connectivity index (χ3v) is 2.60. The minimum absolute atomic E-state index is 0.227. The van der Waals surface area contributed by atoms with Crippen LogP contribution in [0.2, 0.25) is 0 Å². The average Bonchev–Trinajstić information content (AvgIpc) is 2.43. The van der Waals surface area contributed by atoms with Gasteiger partial charge in [-0.1, -0.05) is 18.2 Å². The van der Waals surface area contributed by atoms with Crippen LogP contribution in [0.5, 0.6) is 0 Å². The number of halogens is 3. The Morgan fingerprint density at radius 1 is 1.14 bits per heavy atom. The predicted molar refractivity (Wildman–Crippen MR) is 71.5 cm³/mol. The van der Waals surface area contributed by atoms with Crippen LogP contribution in [0.1, 0.15) is 12.0 Å². The van der Waals surface area contributed by atoms with Crippen molar-refractivity contribution in [2.75, 3.05) is 18.4 Å². The van der Waals surface area contributed by atoms with Gasteiger partial charge in [-0.05, 0) is 18.1 Å². The SMILES string of the molecule is NCC(=O)NCC(=O)Nc1ccccc1CCC(F)(F)F. The Labute approximate surface area is 119 Å². The van der Waals surface area contributed by atoms with Crippen LogP contribution < -0.4 is 16.4 Å². The van der Waals surface area contributed by atoms with Gasteiger partial charge >= 0.3 is 6.18 Å². The van der Waals surface area contributed by atoms with Gasteiger partial charge in [0.25, 0.3) is 0 Å². The number of amides is 2. The maximum atomic E-state index is 12.2. The molecule has 5 nitrogen and oxygen atoms in total. The normalized spacial score (nSPS) is 11.0. The molecule has 1 rings (SSSR count). The number of benzene rings is 1. The zero-order valence-electron chi connectivity index (χ0n) is 11.2. The molecular formula is C13H16F3N3O2. The van der Waals surface area contributed by atoms with E-state index in [1.54, 1.807) is 12.1 Å². The first-order valence-corrected chi connectivity index (χ1v) is 6.23. The fourth-order valence-electron chi connectivity index (χ4n) is 1.58. The monoisotopic (exact) mass is 303 g/mol. The molecule has 1 aromatic carbocycles. The van der Waals surface area contributed by atoms with E-state index in [0.29, 0.717) is 11.3 Å². The van der Waals surface area contributed by atoms with Crippen molar-refractivity contribution in [3.8, 4) is 0 Å². The van der Waals surface area contributed by atoms with E-state index in [-0.39, 0.29) is 19.5 Å². The molecule has 0 aliphatic rings. The van der Waals surface area contributed by atoms with Crippen LogP contribution in [0.4, 0.5) is 18.9 Å². The van der Waals surface area contributed by atoms with E-state index >= 15 is 0 Å². The van der Waals surface area contributed by atoms with Gasteiger partial charge in [-0.15, -0.1) is 0 Å². The van der Waals surface area contributed by atoms with Crippen molar-refractivity contribution in [2.24, 2.45) is 5.73 Å². The first-order chi connectivity index (χ1) is 9.81. The van der Waals surface area contributed by atoms with Gasteiger partial charge in [0.15, 0.2) is 0 Å². The largest absolute Gasteiger partial charge is 0.389 e. The smallest absolute Gasteiger partial charge is 0.346 e. The molecule has 0 aliphatic heterocycles. The molecule has 0 spiro atoms. The van der Waals surface area contributed by atoms with E-state index in [2.05, 4.69) is 10.6 Å². The molecule has 0 atom stereocenters. The number of rotatable bonds is 6. The number of nitrogens with two attached hydrogens (primary N) is 1. The van der Waals surface area contributed by atoms with Gasteiger partial charge in [0.2, 0.25) is 11.8 Å². The number of hydrogen-bond acceptors (Lipinski definition) is 3. The molecule has 2 amide bonds. The lowest BCUT2D eigenvalue weighted by atomic mass is 10.1. The molecule has 0 saturated heterocycles. The number of carbonyl (C=O) groups excluding carboxylic acids is 2. The Morgan fingerprint density at radius 3 is 2.43 bits per heavy atom. The van der Waals surface area contributed by atoms with E-state index in [1.165, 1.54) is 12.1 Å². The van der Waals surface area contributed by atoms with Crippen LogP contribution in [0, 0.1) is 0 Å². The standard InChI is InChI=1S/C13H16F3N3O2/c14-13(15,16)6-5-9-3-1-2-4-10(9)19-12(21)8-18-11(20)7-17/h1-4H,5-8,17H2,(H,18,20)(H,19,21). The molecule has 0 aliphatic carbocycles. The Kier molecular flexibility index (Phi) is 6.16. The highest BCUT2D eigenvalue weighted by atomic mass is 19.4. The summed E-state index contributed by atoms with van der Waals surface area (Å²) in [5, 5.41) is 4.74. The number of aryl methyl sites for hydroxylation is 1. The zero-order chi connectivity index (χ0) is 15.9. The second kappa shape index (κ2) is 7.63. The van der Waals surface area contributed by atoms with Gasteiger partial charge in [-0.3, -0.25) is 9.59 Å². The summed E-state index contributed by atoms with van der Waals surface area (Å²) in [5.74, 6) is -1.02. The van der Waals surface area contributed by atoms with Crippen molar-refractivity contribution in [1.29, 1.82) is 0 Å². The molecule has 0 heterocycles. The predicted octanol–water partition coefficient (Wildman–Crippen LogP) is 1.19. The molecule has 1 aromatic rings. The van der Waals surface area contributed by atoms with Crippen molar-refractivity contribution in [3.63, 3.8) is 0 Å². The zero-order valence-corrected chi connectivity index (χ0v) is 11.2. The second-order valence-corrected chi connectivity index (χ2v) is 4.30. The summed E-state index contributed by atoms with van der Waals surface area (Å²) in [5.41, 5.74) is 5.75. The second-order valence-electron chi connectivity index (χ2n) is 4.30. The van der Waals surface area contributed by atoms with Gasteiger partial charge in [-0.25, -0.2) is 0 Å². The minimum Gasteiger partial charge on any atom is -0.346 e. The Balaban J connectivity index is 2.62. The summed E-state index contributed by atoms with van der Waals surface area (Å²) >= 11 is 0. The number of para-hydroxylation sites is 1. The fraction of sp³-hybridized carbons (Fsp3) is 0.385. The lowest BCUT2D eigenvalue weighted by Gasteiger charge is -2.12. The number of carbonyl (C=O) groups is 2. The number of hydrogen-bond donors (Lipinski definition) is 3. The van der Waals surface area contributed by atoms with Crippen molar-refractivity contribution in [2.45, 2.75) is 19.0 Å². The highest BCUT2D eigenvalue weighted by molar-refractivity contribution is 5.95. The van der Waals surface area contributed by atoms with Crippen LogP contribution in [-0.2, 0) is 16.0 Å². The first-order valence-electron chi connectivity index (χ1n) is 6.23. The average molecular weight is 303 g/mol. The number of anilines is 1. The maximum absolute atomic E-state index is 12.2. The highest BCUT2D eigenvalue weighted by Gasteiger charge is 2.26. The highest BCUT2D eigenvalue weighted by Crippen LogP contribution is 2.25. The van der Waals surface area contributed by atoms with Crippen molar-refractivity contribution >= 4 is 17.5 Å². The van der Waals surface area contributed by atoms with Crippen molar-refractivity contribution in [3.05, 3.63) is 29.8 Å². The van der Waals surface area contributed by atoms with E-state index in [4.69, 9.17) is 5.73 Å². The van der Waals surface area contributed by atoms with Crippen LogP contribution in [0.15, 0.2) is 24.3 Å². The lowest BCUT2D eigenvalue weighted by Crippen LogP contribution is -2.36. The Morgan fingerprint density at radius 2 is 1.81 bits per heavy atom.